The fourth-order valence-electron chi connectivity index (χ4n) is 1.24. The summed E-state index contributed by atoms with van der Waals surface area (Å²) in [5.41, 5.74) is -0.486. The Morgan fingerprint density at radius 1 is 1.53 bits per heavy atom. The van der Waals surface area contributed by atoms with E-state index in [0.717, 1.165) is 6.07 Å². The van der Waals surface area contributed by atoms with E-state index in [9.17, 15) is 8.78 Å². The van der Waals surface area contributed by atoms with Crippen molar-refractivity contribution in [2.45, 2.75) is 0 Å². The zero-order valence-electron chi connectivity index (χ0n) is 7.77. The Balaban J connectivity index is 2.83. The van der Waals surface area contributed by atoms with Gasteiger partial charge in [-0.1, -0.05) is 5.92 Å². The van der Waals surface area contributed by atoms with Crippen LogP contribution in [0.15, 0.2) is 10.5 Å². The minimum absolute atomic E-state index is 0.0216. The number of hydrogen-bond acceptors (Lipinski definition) is 3. The number of anilines is 1. The lowest BCUT2D eigenvalue weighted by molar-refractivity contribution is 0.576. The lowest BCUT2D eigenvalue weighted by atomic mass is 10.2. The van der Waals surface area contributed by atoms with Crippen LogP contribution in [0.25, 0.3) is 11.1 Å². The summed E-state index contributed by atoms with van der Waals surface area (Å²) in [6.45, 7) is 0. The van der Waals surface area contributed by atoms with Gasteiger partial charge in [-0.25, -0.2) is 8.78 Å². The van der Waals surface area contributed by atoms with E-state index in [4.69, 9.17) is 10.8 Å². The van der Waals surface area contributed by atoms with E-state index in [2.05, 4.69) is 10.3 Å². The summed E-state index contributed by atoms with van der Waals surface area (Å²) in [5, 5.41) is 2.58. The molecule has 0 bridgehead atoms. The van der Waals surface area contributed by atoms with Gasteiger partial charge in [-0.05, 0) is 0 Å². The fourth-order valence-corrected chi connectivity index (χ4v) is 1.24. The van der Waals surface area contributed by atoms with Crippen molar-refractivity contribution in [3.05, 3.63) is 23.3 Å². The van der Waals surface area contributed by atoms with Gasteiger partial charge in [-0.2, -0.15) is 4.98 Å². The number of nitrogens with zero attached hydrogens (tertiary/aromatic N) is 1. The smallest absolute Gasteiger partial charge is 0.295 e. The Kier molecular flexibility index (Phi) is 2.05. The summed E-state index contributed by atoms with van der Waals surface area (Å²) in [7, 11) is 1.56. The summed E-state index contributed by atoms with van der Waals surface area (Å²) >= 11 is 0. The molecule has 0 unspecified atom stereocenters. The van der Waals surface area contributed by atoms with Crippen molar-refractivity contribution in [2.75, 3.05) is 12.4 Å². The second-order valence-electron chi connectivity index (χ2n) is 2.81. The number of fused-ring (bicyclic) bond motifs is 1. The number of rotatable bonds is 1. The van der Waals surface area contributed by atoms with Crippen LogP contribution in [0.3, 0.4) is 0 Å². The SMILES string of the molecule is C#Cc1c(F)cc2oc(NC)nc2c1F. The first-order valence-corrected chi connectivity index (χ1v) is 4.10. The zero-order chi connectivity index (χ0) is 11.0. The third-order valence-electron chi connectivity index (χ3n) is 1.94. The minimum Gasteiger partial charge on any atom is -0.423 e. The monoisotopic (exact) mass is 208 g/mol. The highest BCUT2D eigenvalue weighted by Crippen LogP contribution is 2.25. The molecule has 3 nitrogen and oxygen atoms in total. The first-order chi connectivity index (χ1) is 7.17. The molecule has 0 amide bonds. The predicted molar refractivity (Wildman–Crippen MR) is 51.4 cm³/mol. The number of halogens is 2. The van der Waals surface area contributed by atoms with Crippen molar-refractivity contribution in [2.24, 2.45) is 0 Å². The average Bonchev–Trinajstić information content (AvgIpc) is 2.61. The zero-order valence-corrected chi connectivity index (χ0v) is 7.77. The molecule has 0 aliphatic rings. The van der Waals surface area contributed by atoms with Crippen LogP contribution in [-0.2, 0) is 0 Å². The molecule has 0 saturated heterocycles. The molecule has 15 heavy (non-hydrogen) atoms. The normalized spacial score (nSPS) is 10.3. The number of hydrogen-bond donors (Lipinski definition) is 1. The van der Waals surface area contributed by atoms with Crippen molar-refractivity contribution in [3.8, 4) is 12.3 Å². The summed E-state index contributed by atoms with van der Waals surface area (Å²) in [4.78, 5) is 3.77. The molecule has 0 spiro atoms. The van der Waals surface area contributed by atoms with E-state index in [1.54, 1.807) is 7.05 Å². The van der Waals surface area contributed by atoms with Crippen LogP contribution in [0.1, 0.15) is 5.56 Å². The molecule has 1 aromatic carbocycles. The number of terminal acetylenes is 1. The molecule has 2 rings (SSSR count). The molecule has 76 valence electrons. The maximum Gasteiger partial charge on any atom is 0.295 e. The summed E-state index contributed by atoms with van der Waals surface area (Å²) in [5.74, 6) is 0.222. The maximum absolute atomic E-state index is 13.5. The lowest BCUT2D eigenvalue weighted by Crippen LogP contribution is -1.91. The Labute approximate surface area is 84.1 Å². The van der Waals surface area contributed by atoms with Gasteiger partial charge in [0.1, 0.15) is 11.3 Å². The molecule has 1 N–H and O–H groups in total. The predicted octanol–water partition coefficient (Wildman–Crippen LogP) is 2.13. The summed E-state index contributed by atoms with van der Waals surface area (Å²) < 4.78 is 31.8. The molecule has 0 fully saturated rings. The molecule has 0 aliphatic heterocycles. The van der Waals surface area contributed by atoms with Gasteiger partial charge in [-0.3, -0.25) is 0 Å². The van der Waals surface area contributed by atoms with Crippen molar-refractivity contribution in [3.63, 3.8) is 0 Å². The number of nitrogens with one attached hydrogen (secondary N) is 1. The van der Waals surface area contributed by atoms with E-state index < -0.39 is 17.2 Å². The van der Waals surface area contributed by atoms with Crippen LogP contribution in [0, 0.1) is 24.0 Å². The second kappa shape index (κ2) is 3.24. The van der Waals surface area contributed by atoms with Crippen molar-refractivity contribution in [1.82, 2.24) is 4.98 Å². The van der Waals surface area contributed by atoms with E-state index in [1.165, 1.54) is 0 Å². The number of oxazole rings is 1. The Morgan fingerprint density at radius 2 is 2.27 bits per heavy atom. The van der Waals surface area contributed by atoms with Crippen LogP contribution in [0.4, 0.5) is 14.8 Å². The van der Waals surface area contributed by atoms with Crippen LogP contribution in [0.2, 0.25) is 0 Å². The first kappa shape index (κ1) is 9.46. The minimum atomic E-state index is -0.877. The van der Waals surface area contributed by atoms with Crippen molar-refractivity contribution in [1.29, 1.82) is 0 Å². The largest absolute Gasteiger partial charge is 0.423 e. The van der Waals surface area contributed by atoms with Crippen LogP contribution in [0.5, 0.6) is 0 Å². The van der Waals surface area contributed by atoms with Gasteiger partial charge in [0.05, 0.1) is 5.56 Å². The highest BCUT2D eigenvalue weighted by Gasteiger charge is 2.16. The first-order valence-electron chi connectivity index (χ1n) is 4.10. The van der Waals surface area contributed by atoms with Gasteiger partial charge in [-0.15, -0.1) is 6.42 Å². The van der Waals surface area contributed by atoms with Gasteiger partial charge >= 0.3 is 0 Å². The number of benzene rings is 1. The molecule has 0 saturated carbocycles. The van der Waals surface area contributed by atoms with E-state index in [1.807, 2.05) is 5.92 Å². The molecule has 0 atom stereocenters. The average molecular weight is 208 g/mol. The van der Waals surface area contributed by atoms with Gasteiger partial charge in [0.2, 0.25) is 0 Å². The highest BCUT2D eigenvalue weighted by molar-refractivity contribution is 5.77. The lowest BCUT2D eigenvalue weighted by Gasteiger charge is -1.95. The Bertz CT molecular complexity index is 569. The van der Waals surface area contributed by atoms with Gasteiger partial charge in [0.15, 0.2) is 11.4 Å². The Morgan fingerprint density at radius 3 is 2.87 bits per heavy atom. The summed E-state index contributed by atoms with van der Waals surface area (Å²) in [6.07, 6.45) is 4.98. The van der Waals surface area contributed by atoms with E-state index >= 15 is 0 Å². The van der Waals surface area contributed by atoms with Gasteiger partial charge in [0, 0.05) is 13.1 Å². The Hall–Kier alpha value is -2.09. The molecule has 5 heteroatoms. The molecular weight excluding hydrogens is 202 g/mol. The molecular formula is C10H6F2N2O. The maximum atomic E-state index is 13.5. The summed E-state index contributed by atoms with van der Waals surface area (Å²) in [6, 6.07) is 1.12. The molecule has 0 aliphatic carbocycles. The molecule has 0 radical (unpaired) electrons. The second-order valence-corrected chi connectivity index (χ2v) is 2.81. The quantitative estimate of drug-likeness (QED) is 0.729. The van der Waals surface area contributed by atoms with Crippen LogP contribution in [-0.4, -0.2) is 12.0 Å². The molecule has 2 aromatic rings. The molecule has 1 aromatic heterocycles. The fraction of sp³-hybridized carbons (Fsp3) is 0.100. The molecule has 1 heterocycles. The topological polar surface area (TPSA) is 38.1 Å². The standard InChI is InChI=1S/C10H6F2N2O/c1-3-5-6(11)4-7-9(8(5)12)14-10(13-2)15-7/h1,4H,2H3,(H,13,14). The van der Waals surface area contributed by atoms with E-state index in [0.29, 0.717) is 0 Å². The van der Waals surface area contributed by atoms with Gasteiger partial charge in [0.25, 0.3) is 6.01 Å². The van der Waals surface area contributed by atoms with Crippen LogP contribution >= 0.6 is 0 Å². The van der Waals surface area contributed by atoms with Crippen molar-refractivity contribution < 1.29 is 13.2 Å². The van der Waals surface area contributed by atoms with Crippen LogP contribution < -0.4 is 5.32 Å². The number of aromatic nitrogens is 1. The third-order valence-corrected chi connectivity index (χ3v) is 1.94. The highest BCUT2D eigenvalue weighted by atomic mass is 19.1. The van der Waals surface area contributed by atoms with E-state index in [-0.39, 0.29) is 17.1 Å². The third kappa shape index (κ3) is 1.31. The van der Waals surface area contributed by atoms with Crippen molar-refractivity contribution >= 4 is 17.1 Å². The van der Waals surface area contributed by atoms with Gasteiger partial charge < -0.3 is 9.73 Å².